The molecule has 0 radical (unpaired) electrons. The van der Waals surface area contributed by atoms with Crippen molar-refractivity contribution in [1.82, 2.24) is 19.3 Å². The van der Waals surface area contributed by atoms with Crippen LogP contribution in [-0.2, 0) is 7.05 Å². The summed E-state index contributed by atoms with van der Waals surface area (Å²) < 4.78 is 3.15. The van der Waals surface area contributed by atoms with Gasteiger partial charge in [0, 0.05) is 36.6 Å². The van der Waals surface area contributed by atoms with Gasteiger partial charge in [0.2, 0.25) is 0 Å². The third kappa shape index (κ3) is 2.41. The number of carbonyl (C=O) groups is 1. The maximum Gasteiger partial charge on any atom is 0.325 e. The quantitative estimate of drug-likeness (QED) is 0.774. The summed E-state index contributed by atoms with van der Waals surface area (Å²) in [5.41, 5.74) is 1.50. The van der Waals surface area contributed by atoms with E-state index < -0.39 is 0 Å². The molecule has 2 N–H and O–H groups in total. The van der Waals surface area contributed by atoms with E-state index in [0.717, 1.165) is 10.9 Å². The number of carbonyl (C=O) groups excluding carboxylic acids is 1. The number of fused-ring (bicyclic) bond motifs is 1. The van der Waals surface area contributed by atoms with E-state index in [2.05, 4.69) is 29.2 Å². The summed E-state index contributed by atoms with van der Waals surface area (Å²) >= 11 is 0. The summed E-state index contributed by atoms with van der Waals surface area (Å²) in [5, 5.41) is 8.20. The third-order valence-electron chi connectivity index (χ3n) is 3.54. The van der Waals surface area contributed by atoms with Gasteiger partial charge in [0.25, 0.3) is 5.91 Å². The molecular formula is C15H17N5O2. The largest absolute Gasteiger partial charge is 0.325 e. The maximum atomic E-state index is 12.2. The number of benzene rings is 1. The minimum atomic E-state index is -0.337. The molecule has 0 saturated carbocycles. The fourth-order valence-electron chi connectivity index (χ4n) is 2.23. The molecule has 0 bridgehead atoms. The molecule has 0 aliphatic rings. The molecule has 114 valence electrons. The van der Waals surface area contributed by atoms with Gasteiger partial charge < -0.3 is 10.3 Å². The fourth-order valence-corrected chi connectivity index (χ4v) is 2.23. The van der Waals surface area contributed by atoms with Crippen LogP contribution < -0.4 is 11.0 Å². The Morgan fingerprint density at radius 2 is 2.14 bits per heavy atom. The van der Waals surface area contributed by atoms with E-state index in [1.54, 1.807) is 13.1 Å². The lowest BCUT2D eigenvalue weighted by Crippen LogP contribution is -2.21. The van der Waals surface area contributed by atoms with Gasteiger partial charge in [-0.25, -0.2) is 4.79 Å². The van der Waals surface area contributed by atoms with E-state index in [0.29, 0.717) is 5.69 Å². The second kappa shape index (κ2) is 5.18. The molecule has 3 rings (SSSR count). The normalized spacial score (nSPS) is 11.3. The maximum absolute atomic E-state index is 12.2. The SMILES string of the molecule is CC(C)n1cc2cc(NC(=O)c3c[nH]c(=O)n3C)ccc2n1. The Kier molecular flexibility index (Phi) is 3.32. The van der Waals surface area contributed by atoms with Crippen LogP contribution in [0.15, 0.2) is 35.4 Å². The lowest BCUT2D eigenvalue weighted by Gasteiger charge is -2.05. The number of amides is 1. The van der Waals surface area contributed by atoms with Gasteiger partial charge in [0.15, 0.2) is 0 Å². The van der Waals surface area contributed by atoms with Crippen LogP contribution >= 0.6 is 0 Å². The second-order valence-electron chi connectivity index (χ2n) is 5.47. The highest BCUT2D eigenvalue weighted by atomic mass is 16.2. The van der Waals surface area contributed by atoms with Crippen LogP contribution in [-0.4, -0.2) is 25.2 Å². The first-order valence-electron chi connectivity index (χ1n) is 7.00. The molecule has 0 saturated heterocycles. The molecule has 7 nitrogen and oxygen atoms in total. The summed E-state index contributed by atoms with van der Waals surface area (Å²) in [7, 11) is 1.55. The zero-order valence-electron chi connectivity index (χ0n) is 12.6. The van der Waals surface area contributed by atoms with Gasteiger partial charge in [-0.3, -0.25) is 14.0 Å². The zero-order chi connectivity index (χ0) is 15.9. The first kappa shape index (κ1) is 14.1. The van der Waals surface area contributed by atoms with Crippen LogP contribution in [0.2, 0.25) is 0 Å². The lowest BCUT2D eigenvalue weighted by molar-refractivity contribution is 0.101. The molecule has 22 heavy (non-hydrogen) atoms. The number of hydrogen-bond acceptors (Lipinski definition) is 3. The summed E-state index contributed by atoms with van der Waals surface area (Å²) in [6.45, 7) is 4.11. The molecule has 0 aliphatic carbocycles. The van der Waals surface area contributed by atoms with E-state index in [1.807, 2.05) is 23.0 Å². The first-order chi connectivity index (χ1) is 10.5. The standard InChI is InChI=1S/C15H17N5O2/c1-9(2)20-8-10-6-11(4-5-12(10)18-20)17-14(21)13-7-16-15(22)19(13)3/h4-9H,1-3H3,(H,16,22)(H,17,21). The number of nitrogens with zero attached hydrogens (tertiary/aromatic N) is 3. The Labute approximate surface area is 126 Å². The Morgan fingerprint density at radius 1 is 1.36 bits per heavy atom. The van der Waals surface area contributed by atoms with E-state index in [4.69, 9.17) is 0 Å². The smallest absolute Gasteiger partial charge is 0.321 e. The molecule has 7 heteroatoms. The van der Waals surface area contributed by atoms with Gasteiger partial charge >= 0.3 is 5.69 Å². The molecule has 0 atom stereocenters. The first-order valence-corrected chi connectivity index (χ1v) is 7.00. The molecule has 3 aromatic rings. The Morgan fingerprint density at radius 3 is 2.77 bits per heavy atom. The number of H-pyrrole nitrogens is 1. The Hall–Kier alpha value is -2.83. The van der Waals surface area contributed by atoms with Crippen LogP contribution in [0.1, 0.15) is 30.4 Å². The molecule has 2 heterocycles. The summed E-state index contributed by atoms with van der Waals surface area (Å²) in [6.07, 6.45) is 3.34. The fraction of sp³-hybridized carbons (Fsp3) is 0.267. The van der Waals surface area contributed by atoms with Crippen LogP contribution in [0.5, 0.6) is 0 Å². The van der Waals surface area contributed by atoms with Crippen molar-refractivity contribution in [3.8, 4) is 0 Å². The van der Waals surface area contributed by atoms with Gasteiger partial charge in [-0.2, -0.15) is 5.10 Å². The van der Waals surface area contributed by atoms with Crippen molar-refractivity contribution in [3.05, 3.63) is 46.8 Å². The highest BCUT2D eigenvalue weighted by molar-refractivity contribution is 6.03. The van der Waals surface area contributed by atoms with Crippen molar-refractivity contribution in [1.29, 1.82) is 0 Å². The van der Waals surface area contributed by atoms with E-state index in [-0.39, 0.29) is 23.3 Å². The number of anilines is 1. The number of imidazole rings is 1. The predicted octanol–water partition coefficient (Wildman–Crippen LogP) is 1.90. The van der Waals surface area contributed by atoms with Gasteiger partial charge in [0.05, 0.1) is 5.52 Å². The lowest BCUT2D eigenvalue weighted by atomic mass is 10.2. The average molecular weight is 299 g/mol. The molecule has 0 fully saturated rings. The van der Waals surface area contributed by atoms with Crippen LogP contribution in [0.25, 0.3) is 10.9 Å². The van der Waals surface area contributed by atoms with Crippen molar-refractivity contribution in [2.45, 2.75) is 19.9 Å². The van der Waals surface area contributed by atoms with Crippen LogP contribution in [0.4, 0.5) is 5.69 Å². The number of rotatable bonds is 3. The highest BCUT2D eigenvalue weighted by Crippen LogP contribution is 2.20. The van der Waals surface area contributed by atoms with E-state index >= 15 is 0 Å². The van der Waals surface area contributed by atoms with Crippen molar-refractivity contribution in [2.75, 3.05) is 5.32 Å². The predicted molar refractivity (Wildman–Crippen MR) is 84.1 cm³/mol. The molecule has 0 aliphatic heterocycles. The summed E-state index contributed by atoms with van der Waals surface area (Å²) in [4.78, 5) is 26.0. The average Bonchev–Trinajstić information content (AvgIpc) is 3.03. The van der Waals surface area contributed by atoms with Gasteiger partial charge in [0.1, 0.15) is 5.69 Å². The molecular weight excluding hydrogens is 282 g/mol. The highest BCUT2D eigenvalue weighted by Gasteiger charge is 2.12. The second-order valence-corrected chi connectivity index (χ2v) is 5.47. The van der Waals surface area contributed by atoms with Gasteiger partial charge in [-0.15, -0.1) is 0 Å². The van der Waals surface area contributed by atoms with E-state index in [9.17, 15) is 9.59 Å². The van der Waals surface area contributed by atoms with Crippen molar-refractivity contribution < 1.29 is 4.79 Å². The topological polar surface area (TPSA) is 84.7 Å². The monoisotopic (exact) mass is 299 g/mol. The third-order valence-corrected chi connectivity index (χ3v) is 3.54. The number of hydrogen-bond donors (Lipinski definition) is 2. The summed E-state index contributed by atoms with van der Waals surface area (Å²) in [5.74, 6) is -0.337. The molecule has 2 aromatic heterocycles. The van der Waals surface area contributed by atoms with Crippen molar-refractivity contribution in [2.24, 2.45) is 7.05 Å². The summed E-state index contributed by atoms with van der Waals surface area (Å²) in [6, 6.07) is 5.80. The number of aromatic nitrogens is 4. The molecule has 0 unspecified atom stereocenters. The number of aromatic amines is 1. The zero-order valence-corrected chi connectivity index (χ0v) is 12.6. The molecule has 0 spiro atoms. The van der Waals surface area contributed by atoms with Crippen LogP contribution in [0, 0.1) is 0 Å². The van der Waals surface area contributed by atoms with Crippen molar-refractivity contribution in [3.63, 3.8) is 0 Å². The minimum absolute atomic E-state index is 0.278. The van der Waals surface area contributed by atoms with Crippen LogP contribution in [0.3, 0.4) is 0 Å². The van der Waals surface area contributed by atoms with Crippen molar-refractivity contribution >= 4 is 22.5 Å². The van der Waals surface area contributed by atoms with Gasteiger partial charge in [-0.1, -0.05) is 0 Å². The minimum Gasteiger partial charge on any atom is -0.321 e. The van der Waals surface area contributed by atoms with Gasteiger partial charge in [-0.05, 0) is 32.0 Å². The Balaban J connectivity index is 1.89. The van der Waals surface area contributed by atoms with E-state index in [1.165, 1.54) is 10.8 Å². The Bertz CT molecular complexity index is 900. The number of nitrogens with one attached hydrogen (secondary N) is 2. The molecule has 1 amide bonds. The molecule has 1 aromatic carbocycles.